The van der Waals surface area contributed by atoms with Crippen LogP contribution in [0.2, 0.25) is 0 Å². The number of likely N-dealkylation sites (N-methyl/N-ethyl adjacent to an activating group) is 1. The number of nitrogens with zero attached hydrogens (tertiary/aromatic N) is 3. The molecule has 1 amide bonds. The Bertz CT molecular complexity index is 853. The Kier molecular flexibility index (Phi) is 3.29. The first kappa shape index (κ1) is 15.9. The molecule has 1 unspecified atom stereocenters. The van der Waals surface area contributed by atoms with E-state index < -0.39 is 11.1 Å². The molecule has 6 heteroatoms. The first-order valence-electron chi connectivity index (χ1n) is 8.49. The molecule has 2 N–H and O–H groups in total. The van der Waals surface area contributed by atoms with Gasteiger partial charge >= 0.3 is 0 Å². The molecule has 3 aliphatic rings. The zero-order chi connectivity index (χ0) is 17.8. The Balaban J connectivity index is 1.90. The van der Waals surface area contributed by atoms with Crippen molar-refractivity contribution in [3.63, 3.8) is 0 Å². The number of aliphatic imine (C=N–C) groups is 2. The highest BCUT2D eigenvalue weighted by molar-refractivity contribution is 6.07. The lowest BCUT2D eigenvalue weighted by Crippen LogP contribution is -2.49. The Hall–Kier alpha value is -2.63. The maximum atomic E-state index is 13.1. The van der Waals surface area contributed by atoms with Gasteiger partial charge in [0.25, 0.3) is 5.91 Å². The number of carbonyl (C=O) groups excluding carboxylic acids is 1. The van der Waals surface area contributed by atoms with Crippen LogP contribution in [0, 0.1) is 0 Å². The molecule has 1 aromatic rings. The monoisotopic (exact) mass is 338 g/mol. The number of hydrogen-bond acceptors (Lipinski definition) is 5. The molecule has 3 aliphatic heterocycles. The fourth-order valence-corrected chi connectivity index (χ4v) is 3.90. The highest BCUT2D eigenvalue weighted by Crippen LogP contribution is 2.49. The Morgan fingerprint density at radius 1 is 1.32 bits per heavy atom. The van der Waals surface area contributed by atoms with Crippen LogP contribution in [0.25, 0.3) is 5.57 Å². The van der Waals surface area contributed by atoms with Gasteiger partial charge in [-0.2, -0.15) is 0 Å². The number of fused-ring (bicyclic) bond motifs is 2. The van der Waals surface area contributed by atoms with Gasteiger partial charge in [-0.05, 0) is 49.6 Å². The summed E-state index contributed by atoms with van der Waals surface area (Å²) in [4.78, 5) is 23.4. The fraction of sp³-hybridized carbons (Fsp3) is 0.421. The third-order valence-electron chi connectivity index (χ3n) is 5.06. The molecule has 4 rings (SSSR count). The largest absolute Gasteiger partial charge is 0.487 e. The van der Waals surface area contributed by atoms with Crippen LogP contribution in [0.4, 0.5) is 0 Å². The molecule has 0 aromatic heterocycles. The zero-order valence-electron chi connectivity index (χ0n) is 14.7. The highest BCUT2D eigenvalue weighted by Gasteiger charge is 2.55. The van der Waals surface area contributed by atoms with Gasteiger partial charge < -0.3 is 10.5 Å². The molecule has 1 atom stereocenters. The van der Waals surface area contributed by atoms with Gasteiger partial charge in [0.05, 0.1) is 0 Å². The van der Waals surface area contributed by atoms with Crippen molar-refractivity contribution in [1.82, 2.24) is 4.90 Å². The Morgan fingerprint density at radius 3 is 2.76 bits per heavy atom. The molecule has 0 fully saturated rings. The predicted molar refractivity (Wildman–Crippen MR) is 97.8 cm³/mol. The van der Waals surface area contributed by atoms with E-state index in [0.29, 0.717) is 12.2 Å². The lowest BCUT2D eigenvalue weighted by molar-refractivity contribution is -0.133. The molecule has 0 saturated carbocycles. The molecular formula is C19H22N4O2. The van der Waals surface area contributed by atoms with E-state index in [1.54, 1.807) is 7.05 Å². The molecule has 1 spiro atoms. The molecule has 3 heterocycles. The van der Waals surface area contributed by atoms with Gasteiger partial charge in [0.1, 0.15) is 11.4 Å². The topological polar surface area (TPSA) is 80.3 Å². The summed E-state index contributed by atoms with van der Waals surface area (Å²) in [5.74, 6) is 0.854. The first-order valence-corrected chi connectivity index (χ1v) is 8.49. The summed E-state index contributed by atoms with van der Waals surface area (Å²) in [5.41, 5.74) is 7.55. The van der Waals surface area contributed by atoms with Gasteiger partial charge in [-0.15, -0.1) is 0 Å². The molecule has 25 heavy (non-hydrogen) atoms. The second-order valence-corrected chi connectivity index (χ2v) is 7.44. The SMILES string of the molecule is CN1C(=O)C2(CC(C)(C)Oc3ccc(C4=CC=NCC4)cc32)N=C1N. The summed E-state index contributed by atoms with van der Waals surface area (Å²) < 4.78 is 6.14. The maximum Gasteiger partial charge on any atom is 0.261 e. The van der Waals surface area contributed by atoms with Crippen molar-refractivity contribution in [3.8, 4) is 5.75 Å². The standard InChI is InChI=1S/C19H22N4O2/c1-18(2)11-19(16(24)23(3)17(20)22-19)14-10-13(4-5-15(14)25-18)12-6-8-21-9-7-12/h4-6,8,10H,7,9,11H2,1-3H3,(H2,20,22). The minimum absolute atomic E-state index is 0.0982. The number of amides is 1. The van der Waals surface area contributed by atoms with Crippen LogP contribution >= 0.6 is 0 Å². The normalized spacial score (nSPS) is 27.0. The van der Waals surface area contributed by atoms with Crippen LogP contribution in [-0.4, -0.2) is 42.2 Å². The fourth-order valence-electron chi connectivity index (χ4n) is 3.90. The van der Waals surface area contributed by atoms with Gasteiger partial charge in [0.15, 0.2) is 11.5 Å². The van der Waals surface area contributed by atoms with E-state index >= 15 is 0 Å². The second kappa shape index (κ2) is 5.18. The number of allylic oxidation sites excluding steroid dienone is 1. The van der Waals surface area contributed by atoms with E-state index in [-0.39, 0.29) is 11.9 Å². The second-order valence-electron chi connectivity index (χ2n) is 7.44. The summed E-state index contributed by atoms with van der Waals surface area (Å²) >= 11 is 0. The number of ether oxygens (including phenoxy) is 1. The van der Waals surface area contributed by atoms with E-state index in [0.717, 1.165) is 24.1 Å². The van der Waals surface area contributed by atoms with E-state index in [2.05, 4.69) is 9.98 Å². The molecule has 0 saturated heterocycles. The summed E-state index contributed by atoms with van der Waals surface area (Å²) in [6.07, 6.45) is 5.19. The van der Waals surface area contributed by atoms with Crippen molar-refractivity contribution < 1.29 is 9.53 Å². The zero-order valence-corrected chi connectivity index (χ0v) is 14.7. The van der Waals surface area contributed by atoms with Gasteiger partial charge in [-0.25, -0.2) is 4.99 Å². The Labute approximate surface area is 147 Å². The van der Waals surface area contributed by atoms with Crippen molar-refractivity contribution >= 4 is 23.7 Å². The van der Waals surface area contributed by atoms with E-state index in [9.17, 15) is 4.79 Å². The quantitative estimate of drug-likeness (QED) is 0.851. The minimum atomic E-state index is -1.00. The van der Waals surface area contributed by atoms with Crippen LogP contribution in [0.3, 0.4) is 0 Å². The van der Waals surface area contributed by atoms with Crippen LogP contribution < -0.4 is 10.5 Å². The average Bonchev–Trinajstić information content (AvgIpc) is 2.79. The lowest BCUT2D eigenvalue weighted by atomic mass is 9.76. The maximum absolute atomic E-state index is 13.1. The van der Waals surface area contributed by atoms with E-state index in [1.807, 2.05) is 44.3 Å². The summed E-state index contributed by atoms with van der Waals surface area (Å²) in [7, 11) is 1.67. The number of guanidine groups is 1. The lowest BCUT2D eigenvalue weighted by Gasteiger charge is -2.41. The number of benzene rings is 1. The summed E-state index contributed by atoms with van der Waals surface area (Å²) in [6.45, 7) is 4.73. The van der Waals surface area contributed by atoms with Crippen LogP contribution in [0.1, 0.15) is 37.8 Å². The third kappa shape index (κ3) is 2.35. The van der Waals surface area contributed by atoms with E-state index in [1.165, 1.54) is 10.5 Å². The molecule has 0 aliphatic carbocycles. The van der Waals surface area contributed by atoms with Gasteiger partial charge in [0.2, 0.25) is 0 Å². The van der Waals surface area contributed by atoms with Gasteiger partial charge in [0, 0.05) is 31.8 Å². The smallest absolute Gasteiger partial charge is 0.261 e. The number of hydrogen-bond donors (Lipinski definition) is 1. The molecular weight excluding hydrogens is 316 g/mol. The van der Waals surface area contributed by atoms with Crippen molar-refractivity contribution in [1.29, 1.82) is 0 Å². The van der Waals surface area contributed by atoms with Crippen LogP contribution in [-0.2, 0) is 10.3 Å². The van der Waals surface area contributed by atoms with Gasteiger partial charge in [-0.3, -0.25) is 14.7 Å². The highest BCUT2D eigenvalue weighted by atomic mass is 16.5. The first-order chi connectivity index (χ1) is 11.8. The van der Waals surface area contributed by atoms with Crippen molar-refractivity contribution in [2.75, 3.05) is 13.6 Å². The number of carbonyl (C=O) groups is 1. The number of rotatable bonds is 1. The molecule has 1 aromatic carbocycles. The minimum Gasteiger partial charge on any atom is -0.487 e. The van der Waals surface area contributed by atoms with Crippen LogP contribution in [0.15, 0.2) is 34.3 Å². The molecule has 6 nitrogen and oxygen atoms in total. The molecule has 0 radical (unpaired) electrons. The summed E-state index contributed by atoms with van der Waals surface area (Å²) in [6, 6.07) is 6.01. The van der Waals surface area contributed by atoms with E-state index in [4.69, 9.17) is 10.5 Å². The molecule has 0 bridgehead atoms. The van der Waals surface area contributed by atoms with Crippen molar-refractivity contribution in [2.45, 2.75) is 37.8 Å². The van der Waals surface area contributed by atoms with Crippen molar-refractivity contribution in [2.24, 2.45) is 15.7 Å². The number of dihydropyridines is 1. The number of nitrogens with two attached hydrogens (primary N) is 1. The molecule has 130 valence electrons. The van der Waals surface area contributed by atoms with Crippen molar-refractivity contribution in [3.05, 3.63) is 35.4 Å². The van der Waals surface area contributed by atoms with Gasteiger partial charge in [-0.1, -0.05) is 6.07 Å². The third-order valence-corrected chi connectivity index (χ3v) is 5.06. The summed E-state index contributed by atoms with van der Waals surface area (Å²) in [5, 5.41) is 0. The average molecular weight is 338 g/mol. The Morgan fingerprint density at radius 2 is 2.12 bits per heavy atom. The predicted octanol–water partition coefficient (Wildman–Crippen LogP) is 2.09. The van der Waals surface area contributed by atoms with Crippen LogP contribution in [0.5, 0.6) is 5.75 Å².